The topological polar surface area (TPSA) is 83.5 Å². The normalized spacial score (nSPS) is 14.6. The summed E-state index contributed by atoms with van der Waals surface area (Å²) in [6.07, 6.45) is 2.90. The average Bonchev–Trinajstić information content (AvgIpc) is 2.85. The van der Waals surface area contributed by atoms with Crippen LogP contribution in [0.15, 0.2) is 48.8 Å². The van der Waals surface area contributed by atoms with Gasteiger partial charge in [-0.2, -0.15) is 4.39 Å². The zero-order valence-corrected chi connectivity index (χ0v) is 19.6. The minimum absolute atomic E-state index is 0.0249. The molecule has 0 unspecified atom stereocenters. The molecule has 1 N–H and O–H groups in total. The van der Waals surface area contributed by atoms with Gasteiger partial charge in [0, 0.05) is 62.8 Å². The SMILES string of the molecule is CN1CCN(CCOc2ccc(-c3ccc(CC(=O)NCc4nccc(F)n4)cn3)c(F)c2)CC1. The third-order valence-electron chi connectivity index (χ3n) is 5.79. The summed E-state index contributed by atoms with van der Waals surface area (Å²) < 4.78 is 33.6. The number of likely N-dealkylation sites (N-methyl/N-ethyl adjacent to an activating group) is 1. The number of hydrogen-bond donors (Lipinski definition) is 1. The molecule has 0 atom stereocenters. The molecule has 1 aromatic carbocycles. The lowest BCUT2D eigenvalue weighted by atomic mass is 10.1. The van der Waals surface area contributed by atoms with Gasteiger partial charge in [-0.3, -0.25) is 14.7 Å². The Bertz CT molecular complexity index is 1140. The van der Waals surface area contributed by atoms with Crippen LogP contribution in [0.1, 0.15) is 11.4 Å². The van der Waals surface area contributed by atoms with Crippen LogP contribution < -0.4 is 10.1 Å². The summed E-state index contributed by atoms with van der Waals surface area (Å²) in [6.45, 7) is 5.45. The smallest absolute Gasteiger partial charge is 0.224 e. The molecule has 1 aliphatic rings. The second-order valence-corrected chi connectivity index (χ2v) is 8.44. The lowest BCUT2D eigenvalue weighted by Gasteiger charge is -2.32. The Kier molecular flexibility index (Phi) is 8.27. The van der Waals surface area contributed by atoms with Crippen molar-refractivity contribution in [1.29, 1.82) is 0 Å². The van der Waals surface area contributed by atoms with Gasteiger partial charge in [0.05, 0.1) is 18.7 Å². The van der Waals surface area contributed by atoms with Crippen molar-refractivity contribution < 1.29 is 18.3 Å². The van der Waals surface area contributed by atoms with E-state index < -0.39 is 11.8 Å². The van der Waals surface area contributed by atoms with E-state index in [1.165, 1.54) is 18.5 Å². The molecule has 184 valence electrons. The molecule has 0 saturated carbocycles. The molecule has 3 heterocycles. The highest BCUT2D eigenvalue weighted by molar-refractivity contribution is 5.78. The van der Waals surface area contributed by atoms with Crippen LogP contribution in [0.2, 0.25) is 0 Å². The first-order chi connectivity index (χ1) is 17.0. The van der Waals surface area contributed by atoms with Crippen LogP contribution in [0.25, 0.3) is 11.3 Å². The highest BCUT2D eigenvalue weighted by atomic mass is 19.1. The second kappa shape index (κ2) is 11.8. The molecule has 0 spiro atoms. The van der Waals surface area contributed by atoms with Crippen molar-refractivity contribution in [3.8, 4) is 17.0 Å². The van der Waals surface area contributed by atoms with E-state index in [2.05, 4.69) is 37.1 Å². The fraction of sp³-hybridized carbons (Fsp3) is 0.360. The lowest BCUT2D eigenvalue weighted by Crippen LogP contribution is -2.45. The number of halogens is 2. The molecule has 0 bridgehead atoms. The molecule has 8 nitrogen and oxygen atoms in total. The predicted octanol–water partition coefficient (Wildman–Crippen LogP) is 2.30. The number of pyridine rings is 1. The van der Waals surface area contributed by atoms with Gasteiger partial charge in [-0.15, -0.1) is 0 Å². The van der Waals surface area contributed by atoms with E-state index in [0.717, 1.165) is 38.8 Å². The van der Waals surface area contributed by atoms with Gasteiger partial charge in [0.2, 0.25) is 11.9 Å². The zero-order chi connectivity index (χ0) is 24.6. The number of rotatable bonds is 9. The van der Waals surface area contributed by atoms with Crippen LogP contribution in [-0.2, 0) is 17.8 Å². The summed E-state index contributed by atoms with van der Waals surface area (Å²) in [5, 5.41) is 2.64. The third-order valence-corrected chi connectivity index (χ3v) is 5.79. The summed E-state index contributed by atoms with van der Waals surface area (Å²) in [5.74, 6) is -0.682. The summed E-state index contributed by atoms with van der Waals surface area (Å²) in [5.41, 5.74) is 1.48. The number of carbonyl (C=O) groups excluding carboxylic acids is 1. The van der Waals surface area contributed by atoms with E-state index in [1.807, 2.05) is 0 Å². The zero-order valence-electron chi connectivity index (χ0n) is 19.6. The molecule has 0 radical (unpaired) electrons. The van der Waals surface area contributed by atoms with Crippen molar-refractivity contribution in [2.24, 2.45) is 0 Å². The standard InChI is InChI=1S/C25H28F2N6O2/c1-32-8-10-33(11-9-32)12-13-35-19-3-4-20(21(26)15-19)22-5-2-18(16-29-22)14-25(34)30-17-24-28-7-6-23(27)31-24/h2-7,15-16H,8-14,17H2,1H3,(H,30,34). The Balaban J connectivity index is 1.26. The Morgan fingerprint density at radius 3 is 2.63 bits per heavy atom. The summed E-state index contributed by atoms with van der Waals surface area (Å²) >= 11 is 0. The monoisotopic (exact) mass is 482 g/mol. The van der Waals surface area contributed by atoms with Crippen LogP contribution in [0, 0.1) is 11.8 Å². The highest BCUT2D eigenvalue weighted by Gasteiger charge is 2.14. The van der Waals surface area contributed by atoms with Crippen molar-refractivity contribution in [1.82, 2.24) is 30.1 Å². The van der Waals surface area contributed by atoms with E-state index in [1.54, 1.807) is 24.3 Å². The number of piperazine rings is 1. The van der Waals surface area contributed by atoms with Crippen molar-refractivity contribution in [2.45, 2.75) is 13.0 Å². The molecule has 1 aliphatic heterocycles. The molecule has 3 aromatic rings. The Hall–Kier alpha value is -3.50. The van der Waals surface area contributed by atoms with Crippen molar-refractivity contribution >= 4 is 5.91 Å². The fourth-order valence-corrected chi connectivity index (χ4v) is 3.73. The number of nitrogens with one attached hydrogen (secondary N) is 1. The molecule has 2 aromatic heterocycles. The molecule has 1 saturated heterocycles. The maximum Gasteiger partial charge on any atom is 0.224 e. The number of nitrogens with zero attached hydrogens (tertiary/aromatic N) is 5. The maximum absolute atomic E-state index is 14.7. The predicted molar refractivity (Wildman–Crippen MR) is 127 cm³/mol. The number of ether oxygens (including phenoxy) is 1. The van der Waals surface area contributed by atoms with Crippen molar-refractivity contribution in [2.75, 3.05) is 46.4 Å². The van der Waals surface area contributed by atoms with Crippen molar-refractivity contribution in [3.05, 3.63) is 71.9 Å². The fourth-order valence-electron chi connectivity index (χ4n) is 3.73. The van der Waals surface area contributed by atoms with Crippen LogP contribution in [0.5, 0.6) is 5.75 Å². The highest BCUT2D eigenvalue weighted by Crippen LogP contribution is 2.25. The first-order valence-electron chi connectivity index (χ1n) is 11.5. The molecule has 1 fully saturated rings. The van der Waals surface area contributed by atoms with Gasteiger partial charge in [0.15, 0.2) is 5.82 Å². The average molecular weight is 483 g/mol. The number of hydrogen-bond acceptors (Lipinski definition) is 7. The Morgan fingerprint density at radius 1 is 1.09 bits per heavy atom. The van der Waals surface area contributed by atoms with Crippen molar-refractivity contribution in [3.63, 3.8) is 0 Å². The molecule has 4 rings (SSSR count). The van der Waals surface area contributed by atoms with E-state index >= 15 is 0 Å². The molecule has 0 aliphatic carbocycles. The van der Waals surface area contributed by atoms with Gasteiger partial charge in [0.25, 0.3) is 0 Å². The van der Waals surface area contributed by atoms with Gasteiger partial charge in [-0.25, -0.2) is 14.4 Å². The van der Waals surface area contributed by atoms with Gasteiger partial charge in [-0.05, 0) is 30.8 Å². The molecule has 35 heavy (non-hydrogen) atoms. The summed E-state index contributed by atoms with van der Waals surface area (Å²) in [7, 11) is 2.12. The maximum atomic E-state index is 14.7. The second-order valence-electron chi connectivity index (χ2n) is 8.44. The van der Waals surface area contributed by atoms with Gasteiger partial charge in [0.1, 0.15) is 18.2 Å². The number of carbonyl (C=O) groups is 1. The quantitative estimate of drug-likeness (QED) is 0.469. The number of amides is 1. The van der Waals surface area contributed by atoms with Gasteiger partial charge >= 0.3 is 0 Å². The van der Waals surface area contributed by atoms with Gasteiger partial charge in [-0.1, -0.05) is 6.07 Å². The minimum Gasteiger partial charge on any atom is -0.492 e. The van der Waals surface area contributed by atoms with E-state index in [4.69, 9.17) is 4.74 Å². The Labute approximate surface area is 203 Å². The van der Waals surface area contributed by atoms with E-state index in [-0.39, 0.29) is 24.7 Å². The number of benzene rings is 1. The minimum atomic E-state index is -0.651. The van der Waals surface area contributed by atoms with Crippen LogP contribution in [-0.4, -0.2) is 77.0 Å². The molecule has 10 heteroatoms. The largest absolute Gasteiger partial charge is 0.492 e. The van der Waals surface area contributed by atoms with E-state index in [9.17, 15) is 13.6 Å². The van der Waals surface area contributed by atoms with Crippen LogP contribution in [0.4, 0.5) is 8.78 Å². The number of aromatic nitrogens is 3. The summed E-state index contributed by atoms with van der Waals surface area (Å²) in [4.78, 5) is 28.6. The Morgan fingerprint density at radius 2 is 1.91 bits per heavy atom. The van der Waals surface area contributed by atoms with Crippen LogP contribution >= 0.6 is 0 Å². The van der Waals surface area contributed by atoms with Crippen LogP contribution in [0.3, 0.4) is 0 Å². The first-order valence-corrected chi connectivity index (χ1v) is 11.5. The summed E-state index contributed by atoms with van der Waals surface area (Å²) in [6, 6.07) is 9.29. The van der Waals surface area contributed by atoms with Gasteiger partial charge < -0.3 is 15.0 Å². The van der Waals surface area contributed by atoms with E-state index in [0.29, 0.717) is 29.2 Å². The first kappa shape index (κ1) is 24.6. The molecular formula is C25H28F2N6O2. The lowest BCUT2D eigenvalue weighted by molar-refractivity contribution is -0.120. The molecular weight excluding hydrogens is 454 g/mol. The molecule has 1 amide bonds. The third kappa shape index (κ3) is 7.24.